The monoisotopic (exact) mass is 291 g/mol. The van der Waals surface area contributed by atoms with Crippen LogP contribution in [-0.2, 0) is 14.3 Å². The lowest BCUT2D eigenvalue weighted by Gasteiger charge is -2.13. The molecule has 0 aliphatic heterocycles. The molecule has 1 aromatic heterocycles. The van der Waals surface area contributed by atoms with Crippen molar-refractivity contribution in [3.63, 3.8) is 0 Å². The number of aromatic nitrogens is 1. The van der Waals surface area contributed by atoms with Crippen LogP contribution in [0.3, 0.4) is 0 Å². The van der Waals surface area contributed by atoms with Gasteiger partial charge < -0.3 is 0 Å². The lowest BCUT2D eigenvalue weighted by atomic mass is 10.1. The van der Waals surface area contributed by atoms with Gasteiger partial charge >= 0.3 is 0 Å². The highest BCUT2D eigenvalue weighted by molar-refractivity contribution is 7.86. The Morgan fingerprint density at radius 1 is 1.10 bits per heavy atom. The minimum atomic E-state index is -3.76. The first kappa shape index (κ1) is 14.7. The fraction of sp³-hybridized carbons (Fsp3) is 0.267. The van der Waals surface area contributed by atoms with Crippen molar-refractivity contribution in [2.45, 2.75) is 31.8 Å². The largest absolute Gasteiger partial charge is 0.297 e. The van der Waals surface area contributed by atoms with Gasteiger partial charge in [0.05, 0.1) is 11.0 Å². The fourth-order valence-corrected chi connectivity index (χ4v) is 2.90. The molecule has 0 saturated heterocycles. The first-order valence-corrected chi connectivity index (χ1v) is 7.72. The summed E-state index contributed by atoms with van der Waals surface area (Å²) in [5.74, 6) is 0. The predicted molar refractivity (Wildman–Crippen MR) is 76.8 cm³/mol. The maximum atomic E-state index is 12.2. The van der Waals surface area contributed by atoms with Crippen molar-refractivity contribution >= 4 is 10.1 Å². The van der Waals surface area contributed by atoms with Crippen molar-refractivity contribution in [2.75, 3.05) is 0 Å². The summed E-state index contributed by atoms with van der Waals surface area (Å²) in [6.45, 7) is 5.46. The van der Waals surface area contributed by atoms with E-state index in [0.717, 1.165) is 16.8 Å². The smallest absolute Gasteiger partial charge is 0.262 e. The summed E-state index contributed by atoms with van der Waals surface area (Å²) >= 11 is 0. The molecule has 4 nitrogen and oxygen atoms in total. The molecule has 2 rings (SSSR count). The molecule has 0 saturated carbocycles. The van der Waals surface area contributed by atoms with Gasteiger partial charge in [0.1, 0.15) is 0 Å². The van der Waals surface area contributed by atoms with Gasteiger partial charge in [-0.05, 0) is 50.6 Å². The van der Waals surface area contributed by atoms with E-state index in [9.17, 15) is 8.42 Å². The predicted octanol–water partition coefficient (Wildman–Crippen LogP) is 3.16. The van der Waals surface area contributed by atoms with Crippen LogP contribution in [0.2, 0.25) is 0 Å². The van der Waals surface area contributed by atoms with Gasteiger partial charge in [-0.15, -0.1) is 0 Å². The van der Waals surface area contributed by atoms with Gasteiger partial charge in [-0.2, -0.15) is 8.42 Å². The van der Waals surface area contributed by atoms with Crippen LogP contribution < -0.4 is 0 Å². The van der Waals surface area contributed by atoms with E-state index in [2.05, 4.69) is 4.98 Å². The summed E-state index contributed by atoms with van der Waals surface area (Å²) in [4.78, 5) is 4.25. The second-order valence-corrected chi connectivity index (χ2v) is 6.31. The molecule has 0 fully saturated rings. The molecule has 1 aromatic carbocycles. The van der Waals surface area contributed by atoms with Gasteiger partial charge in [0.15, 0.2) is 0 Å². The van der Waals surface area contributed by atoms with Crippen molar-refractivity contribution < 1.29 is 12.6 Å². The van der Waals surface area contributed by atoms with Crippen LogP contribution in [0.1, 0.15) is 29.8 Å². The molecule has 0 N–H and O–H groups in total. The highest BCUT2D eigenvalue weighted by Gasteiger charge is 2.20. The molecule has 5 heteroatoms. The Morgan fingerprint density at radius 2 is 1.75 bits per heavy atom. The fourth-order valence-electron chi connectivity index (χ4n) is 1.83. The number of hydrogen-bond acceptors (Lipinski definition) is 4. The molecule has 106 valence electrons. The van der Waals surface area contributed by atoms with E-state index in [4.69, 9.17) is 4.18 Å². The van der Waals surface area contributed by atoms with E-state index in [-0.39, 0.29) is 4.90 Å². The Morgan fingerprint density at radius 3 is 2.35 bits per heavy atom. The molecule has 1 atom stereocenters. The highest BCUT2D eigenvalue weighted by atomic mass is 32.2. The average Bonchev–Trinajstić information content (AvgIpc) is 2.38. The van der Waals surface area contributed by atoms with Gasteiger partial charge in [0.25, 0.3) is 10.1 Å². The van der Waals surface area contributed by atoms with Gasteiger partial charge in [0, 0.05) is 11.9 Å². The van der Waals surface area contributed by atoms with Crippen LogP contribution in [0.15, 0.2) is 47.5 Å². The zero-order chi connectivity index (χ0) is 14.8. The number of rotatable bonds is 4. The van der Waals surface area contributed by atoms with Crippen LogP contribution >= 0.6 is 0 Å². The first-order chi connectivity index (χ1) is 9.38. The van der Waals surface area contributed by atoms with E-state index in [1.54, 1.807) is 43.5 Å². The second kappa shape index (κ2) is 5.73. The van der Waals surface area contributed by atoms with Gasteiger partial charge in [-0.3, -0.25) is 9.17 Å². The molecule has 1 heterocycles. The topological polar surface area (TPSA) is 56.3 Å². The molecule has 0 aliphatic rings. The van der Waals surface area contributed by atoms with E-state index in [1.165, 1.54) is 0 Å². The molecule has 0 aliphatic carbocycles. The van der Waals surface area contributed by atoms with Crippen LogP contribution in [0.4, 0.5) is 0 Å². The van der Waals surface area contributed by atoms with Crippen LogP contribution in [0.5, 0.6) is 0 Å². The number of nitrogens with zero attached hydrogens (tertiary/aromatic N) is 1. The maximum absolute atomic E-state index is 12.2. The Hall–Kier alpha value is -1.72. The van der Waals surface area contributed by atoms with Crippen molar-refractivity contribution in [1.82, 2.24) is 4.98 Å². The van der Waals surface area contributed by atoms with Crippen molar-refractivity contribution in [3.05, 3.63) is 59.4 Å². The third-order valence-corrected chi connectivity index (χ3v) is 4.36. The maximum Gasteiger partial charge on any atom is 0.297 e. The minimum absolute atomic E-state index is 0.167. The molecule has 0 spiro atoms. The van der Waals surface area contributed by atoms with E-state index in [0.29, 0.717) is 0 Å². The summed E-state index contributed by atoms with van der Waals surface area (Å²) in [6, 6.07) is 10.2. The Labute approximate surface area is 119 Å². The lowest BCUT2D eigenvalue weighted by Crippen LogP contribution is -2.10. The summed E-state index contributed by atoms with van der Waals surface area (Å²) < 4.78 is 29.6. The van der Waals surface area contributed by atoms with Gasteiger partial charge in [-0.25, -0.2) is 0 Å². The molecular formula is C15H17NO3S. The summed E-state index contributed by atoms with van der Waals surface area (Å²) in [5, 5.41) is 0. The van der Waals surface area contributed by atoms with Crippen molar-refractivity contribution in [1.29, 1.82) is 0 Å². The standard InChI is InChI=1S/C15H17NO3S/c1-11-4-6-15(7-5-11)20(17,18)19-13(3)14-8-9-16-12(2)10-14/h4-10,13H,1-3H3. The number of pyridine rings is 1. The Kier molecular flexibility index (Phi) is 4.20. The second-order valence-electron chi connectivity index (χ2n) is 4.74. The summed E-state index contributed by atoms with van der Waals surface area (Å²) in [7, 11) is -3.76. The normalized spacial score (nSPS) is 13.2. The van der Waals surface area contributed by atoms with Crippen molar-refractivity contribution in [3.8, 4) is 0 Å². The molecule has 1 unspecified atom stereocenters. The third-order valence-electron chi connectivity index (χ3n) is 2.97. The number of hydrogen-bond donors (Lipinski definition) is 0. The summed E-state index contributed by atoms with van der Waals surface area (Å²) in [5.41, 5.74) is 2.61. The summed E-state index contributed by atoms with van der Waals surface area (Å²) in [6.07, 6.45) is 1.09. The minimum Gasteiger partial charge on any atom is -0.262 e. The lowest BCUT2D eigenvalue weighted by molar-refractivity contribution is 0.234. The number of benzene rings is 1. The average molecular weight is 291 g/mol. The van der Waals surface area contributed by atoms with Crippen LogP contribution in [0, 0.1) is 13.8 Å². The molecule has 0 radical (unpaired) electrons. The number of aryl methyl sites for hydroxylation is 2. The first-order valence-electron chi connectivity index (χ1n) is 6.31. The Bertz CT molecular complexity index is 693. The third kappa shape index (κ3) is 3.43. The quantitative estimate of drug-likeness (QED) is 0.812. The van der Waals surface area contributed by atoms with Crippen LogP contribution in [0.25, 0.3) is 0 Å². The van der Waals surface area contributed by atoms with Crippen molar-refractivity contribution in [2.24, 2.45) is 0 Å². The van der Waals surface area contributed by atoms with E-state index < -0.39 is 16.2 Å². The Balaban J connectivity index is 2.22. The van der Waals surface area contributed by atoms with Gasteiger partial charge in [0.2, 0.25) is 0 Å². The molecule has 0 amide bonds. The van der Waals surface area contributed by atoms with Crippen LogP contribution in [-0.4, -0.2) is 13.4 Å². The zero-order valence-corrected chi connectivity index (χ0v) is 12.5. The zero-order valence-electron chi connectivity index (χ0n) is 11.7. The molecule has 0 bridgehead atoms. The van der Waals surface area contributed by atoms with E-state index >= 15 is 0 Å². The molecule has 2 aromatic rings. The van der Waals surface area contributed by atoms with Gasteiger partial charge in [-0.1, -0.05) is 17.7 Å². The molecular weight excluding hydrogens is 274 g/mol. The SMILES string of the molecule is Cc1ccc(S(=O)(=O)OC(C)c2ccnc(C)c2)cc1. The van der Waals surface area contributed by atoms with E-state index in [1.807, 2.05) is 19.9 Å². The highest BCUT2D eigenvalue weighted by Crippen LogP contribution is 2.23. The molecule has 20 heavy (non-hydrogen) atoms.